The molecule has 1 aromatic carbocycles. The lowest BCUT2D eigenvalue weighted by atomic mass is 9.85. The van der Waals surface area contributed by atoms with Gasteiger partial charge in [-0.1, -0.05) is 20.8 Å². The van der Waals surface area contributed by atoms with Crippen molar-refractivity contribution in [2.45, 2.75) is 45.7 Å². The first kappa shape index (κ1) is 19.9. The van der Waals surface area contributed by atoms with E-state index in [1.165, 1.54) is 0 Å². The van der Waals surface area contributed by atoms with E-state index in [2.05, 4.69) is 10.6 Å². The van der Waals surface area contributed by atoms with E-state index in [1.54, 1.807) is 24.3 Å². The summed E-state index contributed by atoms with van der Waals surface area (Å²) < 4.78 is 0. The lowest BCUT2D eigenvalue weighted by Crippen LogP contribution is -2.54. The number of carboxylic acid groups (broad SMARTS) is 1. The Labute approximate surface area is 153 Å². The Bertz CT molecular complexity index is 651. The number of rotatable bonds is 8. The van der Waals surface area contributed by atoms with Crippen molar-refractivity contribution in [2.75, 3.05) is 18.4 Å². The Hall–Kier alpha value is -2.41. The van der Waals surface area contributed by atoms with Gasteiger partial charge in [0.15, 0.2) is 0 Å². The minimum absolute atomic E-state index is 0.0331. The summed E-state index contributed by atoms with van der Waals surface area (Å²) in [6.07, 6.45) is 1.52. The number of nitrogens with one attached hydrogen (secondary N) is 2. The average Bonchev–Trinajstić information content (AvgIpc) is 2.56. The number of carbonyl (C=O) groups is 3. The number of likely N-dealkylation sites (N-methyl/N-ethyl adjacent to an activating group) is 1. The van der Waals surface area contributed by atoms with Gasteiger partial charge in [0.1, 0.15) is 0 Å². The fraction of sp³-hybridized carbons (Fsp3) is 0.526. The first-order chi connectivity index (χ1) is 12.3. The summed E-state index contributed by atoms with van der Waals surface area (Å²) in [5, 5.41) is 14.7. The molecule has 2 amide bonds. The largest absolute Gasteiger partial charge is 0.480 e. The Morgan fingerprint density at radius 2 is 1.81 bits per heavy atom. The lowest BCUT2D eigenvalue weighted by molar-refractivity contribution is -0.139. The van der Waals surface area contributed by atoms with Crippen LogP contribution in [-0.4, -0.2) is 53.0 Å². The molecule has 1 fully saturated rings. The van der Waals surface area contributed by atoms with Crippen LogP contribution in [0.1, 0.15) is 44.0 Å². The maximum absolute atomic E-state index is 12.3. The molecule has 0 atom stereocenters. The fourth-order valence-corrected chi connectivity index (χ4v) is 2.94. The summed E-state index contributed by atoms with van der Waals surface area (Å²) in [5.41, 5.74) is 1.20. The molecule has 0 aliphatic heterocycles. The van der Waals surface area contributed by atoms with Gasteiger partial charge in [0.05, 0.1) is 6.54 Å². The van der Waals surface area contributed by atoms with Crippen molar-refractivity contribution in [1.29, 1.82) is 0 Å². The van der Waals surface area contributed by atoms with E-state index in [-0.39, 0.29) is 36.4 Å². The summed E-state index contributed by atoms with van der Waals surface area (Å²) in [6.45, 7) is 6.29. The van der Waals surface area contributed by atoms with Crippen molar-refractivity contribution < 1.29 is 19.5 Å². The normalized spacial score (nSPS) is 19.1. The Balaban J connectivity index is 1.82. The van der Waals surface area contributed by atoms with Crippen LogP contribution in [0.3, 0.4) is 0 Å². The van der Waals surface area contributed by atoms with Crippen LogP contribution >= 0.6 is 0 Å². The summed E-state index contributed by atoms with van der Waals surface area (Å²) in [5.74, 6) is -1.15. The van der Waals surface area contributed by atoms with Gasteiger partial charge < -0.3 is 15.7 Å². The van der Waals surface area contributed by atoms with Crippen LogP contribution in [0.5, 0.6) is 0 Å². The number of carbonyl (C=O) groups excluding carboxylic acids is 2. The third-order valence-corrected chi connectivity index (χ3v) is 4.65. The zero-order valence-electron chi connectivity index (χ0n) is 15.5. The topological polar surface area (TPSA) is 98.7 Å². The molecule has 1 aliphatic carbocycles. The van der Waals surface area contributed by atoms with Gasteiger partial charge in [-0.2, -0.15) is 0 Å². The van der Waals surface area contributed by atoms with Crippen molar-refractivity contribution in [1.82, 2.24) is 10.2 Å². The molecule has 3 N–H and O–H groups in total. The molecule has 7 heteroatoms. The van der Waals surface area contributed by atoms with Crippen molar-refractivity contribution in [3.05, 3.63) is 29.8 Å². The second-order valence-electron chi connectivity index (χ2n) is 6.97. The van der Waals surface area contributed by atoms with Crippen LogP contribution in [0.2, 0.25) is 0 Å². The van der Waals surface area contributed by atoms with Gasteiger partial charge in [0.2, 0.25) is 5.91 Å². The van der Waals surface area contributed by atoms with Crippen molar-refractivity contribution in [2.24, 2.45) is 5.92 Å². The van der Waals surface area contributed by atoms with E-state index in [4.69, 9.17) is 5.11 Å². The highest BCUT2D eigenvalue weighted by Crippen LogP contribution is 2.26. The van der Waals surface area contributed by atoms with Crippen LogP contribution in [0.15, 0.2) is 24.3 Å². The molecule has 26 heavy (non-hydrogen) atoms. The number of hydrogen-bond donors (Lipinski definition) is 3. The smallest absolute Gasteiger partial charge is 0.317 e. The number of amides is 2. The first-order valence-electron chi connectivity index (χ1n) is 8.97. The SMILES string of the molecule is CCN(CC(=O)O)C1CC(NC(=O)c2ccc(NC(=O)C(C)C)cc2)C1. The second-order valence-corrected chi connectivity index (χ2v) is 6.97. The van der Waals surface area contributed by atoms with Crippen molar-refractivity contribution >= 4 is 23.5 Å². The molecule has 0 saturated heterocycles. The predicted octanol–water partition coefficient (Wildman–Crippen LogP) is 1.95. The number of benzene rings is 1. The molecule has 1 aliphatic rings. The maximum atomic E-state index is 12.3. The zero-order chi connectivity index (χ0) is 19.3. The average molecular weight is 361 g/mol. The molecule has 2 rings (SSSR count). The maximum Gasteiger partial charge on any atom is 0.317 e. The van der Waals surface area contributed by atoms with Crippen molar-refractivity contribution in [3.8, 4) is 0 Å². The molecule has 0 unspecified atom stereocenters. The Morgan fingerprint density at radius 3 is 2.31 bits per heavy atom. The van der Waals surface area contributed by atoms with Gasteiger partial charge in [-0.05, 0) is 43.7 Å². The standard InChI is InChI=1S/C19H27N3O4/c1-4-22(11-17(23)24)16-9-15(10-16)21-19(26)13-5-7-14(8-6-13)20-18(25)12(2)3/h5-8,12,15-16H,4,9-11H2,1-3H3,(H,20,25)(H,21,26)(H,23,24). The number of nitrogens with zero attached hydrogens (tertiary/aromatic N) is 1. The Morgan fingerprint density at radius 1 is 1.19 bits per heavy atom. The van der Waals surface area contributed by atoms with E-state index < -0.39 is 5.97 Å². The molecule has 142 valence electrons. The molecule has 1 saturated carbocycles. The molecule has 7 nitrogen and oxygen atoms in total. The molecule has 0 aromatic heterocycles. The van der Waals surface area contributed by atoms with E-state index in [0.717, 1.165) is 12.8 Å². The van der Waals surface area contributed by atoms with Crippen LogP contribution in [0.25, 0.3) is 0 Å². The van der Waals surface area contributed by atoms with Crippen LogP contribution in [0.4, 0.5) is 5.69 Å². The van der Waals surface area contributed by atoms with E-state index in [1.807, 2.05) is 25.7 Å². The quantitative estimate of drug-likeness (QED) is 0.657. The number of aliphatic carboxylic acids is 1. The van der Waals surface area contributed by atoms with E-state index >= 15 is 0 Å². The predicted molar refractivity (Wildman–Crippen MR) is 99.1 cm³/mol. The molecule has 0 heterocycles. The highest BCUT2D eigenvalue weighted by molar-refractivity contribution is 5.96. The third-order valence-electron chi connectivity index (χ3n) is 4.65. The number of carboxylic acids is 1. The van der Waals surface area contributed by atoms with Crippen LogP contribution in [0, 0.1) is 5.92 Å². The van der Waals surface area contributed by atoms with E-state index in [0.29, 0.717) is 17.8 Å². The lowest BCUT2D eigenvalue weighted by Gasteiger charge is -2.42. The third kappa shape index (κ3) is 5.29. The number of hydrogen-bond acceptors (Lipinski definition) is 4. The first-order valence-corrected chi connectivity index (χ1v) is 8.97. The van der Waals surface area contributed by atoms with Crippen LogP contribution in [-0.2, 0) is 9.59 Å². The molecule has 0 bridgehead atoms. The van der Waals surface area contributed by atoms with Gasteiger partial charge in [0, 0.05) is 29.3 Å². The zero-order valence-corrected chi connectivity index (χ0v) is 15.5. The Kier molecular flexibility index (Phi) is 6.74. The van der Waals surface area contributed by atoms with Gasteiger partial charge in [-0.15, -0.1) is 0 Å². The second kappa shape index (κ2) is 8.80. The number of anilines is 1. The van der Waals surface area contributed by atoms with Crippen molar-refractivity contribution in [3.63, 3.8) is 0 Å². The molecule has 0 spiro atoms. The van der Waals surface area contributed by atoms with Crippen LogP contribution < -0.4 is 10.6 Å². The summed E-state index contributed by atoms with van der Waals surface area (Å²) >= 11 is 0. The van der Waals surface area contributed by atoms with Gasteiger partial charge in [-0.25, -0.2) is 0 Å². The molecule has 1 aromatic rings. The fourth-order valence-electron chi connectivity index (χ4n) is 2.94. The minimum atomic E-state index is -0.830. The highest BCUT2D eigenvalue weighted by atomic mass is 16.4. The molecule has 0 radical (unpaired) electrons. The highest BCUT2D eigenvalue weighted by Gasteiger charge is 2.34. The van der Waals surface area contributed by atoms with E-state index in [9.17, 15) is 14.4 Å². The van der Waals surface area contributed by atoms with Gasteiger partial charge in [-0.3, -0.25) is 19.3 Å². The van der Waals surface area contributed by atoms with Gasteiger partial charge >= 0.3 is 5.97 Å². The monoisotopic (exact) mass is 361 g/mol. The van der Waals surface area contributed by atoms with Gasteiger partial charge in [0.25, 0.3) is 5.91 Å². The summed E-state index contributed by atoms with van der Waals surface area (Å²) in [4.78, 5) is 36.7. The molecular formula is C19H27N3O4. The summed E-state index contributed by atoms with van der Waals surface area (Å²) in [6, 6.07) is 7.06. The molecular weight excluding hydrogens is 334 g/mol. The summed E-state index contributed by atoms with van der Waals surface area (Å²) in [7, 11) is 0. The minimum Gasteiger partial charge on any atom is -0.480 e.